The second-order valence-corrected chi connectivity index (χ2v) is 19.8. The van der Waals surface area contributed by atoms with E-state index in [0.29, 0.717) is 45.9 Å². The van der Waals surface area contributed by atoms with Gasteiger partial charge in [-0.2, -0.15) is 0 Å². The Labute approximate surface area is 353 Å². The molecular weight excluding hydrogens is 816 g/mol. The Hall–Kier alpha value is -4.93. The molecule has 3 N–H and O–H groups in total. The normalized spacial score (nSPS) is 22.0. The zero-order chi connectivity index (χ0) is 42.4. The molecule has 0 spiro atoms. The topological polar surface area (TPSA) is 178 Å². The van der Waals surface area contributed by atoms with E-state index in [9.17, 15) is 18.0 Å². The Balaban J connectivity index is 1.21. The highest BCUT2D eigenvalue weighted by Gasteiger charge is 2.62. The number of hydrogen-bond donors (Lipinski definition) is 3. The number of nitrogens with zero attached hydrogens (tertiary/aromatic N) is 3. The molecule has 3 heterocycles. The quantitative estimate of drug-likeness (QED) is 0.117. The molecule has 0 radical (unpaired) electrons. The van der Waals surface area contributed by atoms with Crippen molar-refractivity contribution in [2.24, 2.45) is 11.3 Å². The Morgan fingerprint density at radius 3 is 2.44 bits per heavy atom. The van der Waals surface area contributed by atoms with Crippen LogP contribution >= 0.6 is 22.9 Å². The first-order valence-corrected chi connectivity index (χ1v) is 22.3. The molecule has 7 rings (SSSR count). The van der Waals surface area contributed by atoms with Crippen LogP contribution in [-0.2, 0) is 30.8 Å². The van der Waals surface area contributed by atoms with Crippen LogP contribution in [0.1, 0.15) is 58.3 Å². The first-order chi connectivity index (χ1) is 28.0. The summed E-state index contributed by atoms with van der Waals surface area (Å²) in [4.78, 5) is 55.2. The van der Waals surface area contributed by atoms with Gasteiger partial charge in [-0.05, 0) is 73.6 Å². The number of thiazole rings is 1. The lowest BCUT2D eigenvalue weighted by atomic mass is 9.85. The van der Waals surface area contributed by atoms with E-state index in [0.717, 1.165) is 21.9 Å². The highest BCUT2D eigenvalue weighted by atomic mass is 35.5. The van der Waals surface area contributed by atoms with Crippen LogP contribution in [0.15, 0.2) is 61.3 Å². The van der Waals surface area contributed by atoms with Gasteiger partial charge in [0.25, 0.3) is 5.91 Å². The smallest absolute Gasteiger partial charge is 0.259 e. The van der Waals surface area contributed by atoms with E-state index in [4.69, 9.17) is 30.8 Å². The average molecular weight is 865 g/mol. The number of methoxy groups -OCH3 is 2. The molecule has 1 saturated heterocycles. The van der Waals surface area contributed by atoms with Crippen LogP contribution in [0.2, 0.25) is 5.02 Å². The molecule has 314 valence electrons. The predicted octanol–water partition coefficient (Wildman–Crippen LogP) is 6.14. The molecule has 5 atom stereocenters. The van der Waals surface area contributed by atoms with Crippen LogP contribution in [0, 0.1) is 11.3 Å². The van der Waals surface area contributed by atoms with Gasteiger partial charge in [0.15, 0.2) is 5.13 Å². The van der Waals surface area contributed by atoms with Crippen LogP contribution in [0.3, 0.4) is 0 Å². The van der Waals surface area contributed by atoms with Crippen LogP contribution in [0.25, 0.3) is 22.0 Å². The average Bonchev–Trinajstić information content (AvgIpc) is 4.11. The Morgan fingerprint density at radius 2 is 1.83 bits per heavy atom. The summed E-state index contributed by atoms with van der Waals surface area (Å²) in [6, 6.07) is 10.9. The number of halogens is 1. The van der Waals surface area contributed by atoms with E-state index in [1.54, 1.807) is 25.3 Å². The van der Waals surface area contributed by atoms with Gasteiger partial charge in [-0.15, -0.1) is 17.9 Å². The molecule has 3 aliphatic rings. The third-order valence-corrected chi connectivity index (χ3v) is 14.3. The van der Waals surface area contributed by atoms with Gasteiger partial charge >= 0.3 is 0 Å². The molecule has 2 aromatic carbocycles. The van der Waals surface area contributed by atoms with Gasteiger partial charge in [-0.25, -0.2) is 18.4 Å². The third kappa shape index (κ3) is 8.57. The second kappa shape index (κ2) is 16.3. The number of rotatable bonds is 15. The molecule has 1 aliphatic heterocycles. The largest absolute Gasteiger partial charge is 0.497 e. The van der Waals surface area contributed by atoms with E-state index in [1.807, 2.05) is 52.0 Å². The lowest BCUT2D eigenvalue weighted by Gasteiger charge is -2.35. The molecule has 0 bridgehead atoms. The number of carbonyl (C=O) groups excluding carboxylic acids is 3. The van der Waals surface area contributed by atoms with Gasteiger partial charge in [0.05, 0.1) is 37.9 Å². The Morgan fingerprint density at radius 1 is 1.10 bits per heavy atom. The number of aromatic nitrogens is 2. The van der Waals surface area contributed by atoms with E-state index >= 15 is 4.79 Å². The van der Waals surface area contributed by atoms with Gasteiger partial charge in [0, 0.05) is 38.6 Å². The van der Waals surface area contributed by atoms with Crippen LogP contribution in [0.4, 0.5) is 5.13 Å². The Kier molecular flexibility index (Phi) is 11.6. The number of ether oxygens (including phenoxy) is 3. The zero-order valence-electron chi connectivity index (χ0n) is 33.8. The Bertz CT molecular complexity index is 2400. The third-order valence-electron chi connectivity index (χ3n) is 11.1. The molecule has 2 saturated carbocycles. The molecule has 14 nitrogen and oxygen atoms in total. The van der Waals surface area contributed by atoms with Crippen molar-refractivity contribution in [2.45, 2.75) is 88.8 Å². The van der Waals surface area contributed by atoms with Crippen molar-refractivity contribution >= 4 is 66.6 Å². The minimum atomic E-state index is -3.91. The number of pyridine rings is 1. The molecule has 3 amide bonds. The van der Waals surface area contributed by atoms with Gasteiger partial charge in [0.1, 0.15) is 35.2 Å². The van der Waals surface area contributed by atoms with E-state index in [-0.39, 0.29) is 31.2 Å². The van der Waals surface area contributed by atoms with Crippen molar-refractivity contribution in [3.05, 3.63) is 71.2 Å². The van der Waals surface area contributed by atoms with E-state index < -0.39 is 62.1 Å². The first kappa shape index (κ1) is 42.2. The fourth-order valence-electron chi connectivity index (χ4n) is 7.54. The minimum Gasteiger partial charge on any atom is -0.497 e. The maximum absolute atomic E-state index is 15.0. The van der Waals surface area contributed by atoms with Gasteiger partial charge < -0.3 is 29.7 Å². The fourth-order valence-corrected chi connectivity index (χ4v) is 10.0. The van der Waals surface area contributed by atoms with Crippen molar-refractivity contribution in [1.29, 1.82) is 0 Å². The van der Waals surface area contributed by atoms with Gasteiger partial charge in [-0.3, -0.25) is 19.1 Å². The fraction of sp³-hybridized carbons (Fsp3) is 0.452. The van der Waals surface area contributed by atoms with Gasteiger partial charge in [-0.1, -0.05) is 45.4 Å². The monoisotopic (exact) mass is 864 g/mol. The zero-order valence-corrected chi connectivity index (χ0v) is 36.2. The maximum atomic E-state index is 15.0. The van der Waals surface area contributed by atoms with Crippen molar-refractivity contribution in [1.82, 2.24) is 24.9 Å². The molecule has 59 heavy (non-hydrogen) atoms. The number of benzene rings is 2. The highest BCUT2D eigenvalue weighted by molar-refractivity contribution is 7.91. The molecule has 17 heteroatoms. The predicted molar refractivity (Wildman–Crippen MR) is 227 cm³/mol. The number of anilines is 1. The van der Waals surface area contributed by atoms with Crippen molar-refractivity contribution in [2.75, 3.05) is 26.1 Å². The molecule has 2 aliphatic carbocycles. The second-order valence-electron chi connectivity index (χ2n) is 16.3. The van der Waals surface area contributed by atoms with Crippen molar-refractivity contribution in [3.8, 4) is 28.6 Å². The van der Waals surface area contributed by atoms with Crippen LogP contribution in [-0.4, -0.2) is 90.7 Å². The summed E-state index contributed by atoms with van der Waals surface area (Å²) in [5.41, 5.74) is -0.524. The van der Waals surface area contributed by atoms with E-state index in [1.165, 1.54) is 35.6 Å². The molecule has 4 aromatic rings. The van der Waals surface area contributed by atoms with Gasteiger partial charge in [0.2, 0.25) is 27.7 Å². The highest BCUT2D eigenvalue weighted by Crippen LogP contribution is 2.46. The van der Waals surface area contributed by atoms with Crippen LogP contribution in [0.5, 0.6) is 17.4 Å². The number of carbonyl (C=O) groups is 3. The number of likely N-dealkylation sites (tertiary alicyclic amines) is 1. The molecule has 2 aromatic heterocycles. The maximum Gasteiger partial charge on any atom is 0.259 e. The number of sulfonamides is 1. The summed E-state index contributed by atoms with van der Waals surface area (Å²) in [6.45, 7) is 11.6. The molecular formula is C42H49ClN6O8S2. The lowest BCUT2D eigenvalue weighted by Crippen LogP contribution is -2.58. The van der Waals surface area contributed by atoms with E-state index in [2.05, 4.69) is 26.9 Å². The number of hydrogen-bond acceptors (Lipinski definition) is 12. The number of nitrogens with one attached hydrogen (secondary N) is 3. The summed E-state index contributed by atoms with van der Waals surface area (Å²) in [5.74, 6) is -0.871. The minimum absolute atomic E-state index is 0.00370. The summed E-state index contributed by atoms with van der Waals surface area (Å²) in [5, 5.41) is 7.93. The molecule has 0 unspecified atom stereocenters. The van der Waals surface area contributed by atoms with Crippen LogP contribution < -0.4 is 29.6 Å². The number of aryl methyl sites for hydroxylation is 1. The summed E-state index contributed by atoms with van der Waals surface area (Å²) < 4.78 is 45.2. The summed E-state index contributed by atoms with van der Waals surface area (Å²) in [6.07, 6.45) is 4.17. The molecule has 3 fully saturated rings. The van der Waals surface area contributed by atoms with Crippen molar-refractivity contribution in [3.63, 3.8) is 0 Å². The lowest BCUT2D eigenvalue weighted by molar-refractivity contribution is -0.141. The SMILES string of the molecule is C=C[C@@H]1C[C@]1(NC(=O)[C@@H]1C[C@@H](Oc2ncc(OC)c3ccc(Cl)cc23)CN1C(=O)[C@@H](Nc1nc(-c2ccc(OC)cc2)c(CC)s1)C(C)(C)C)C(=O)NS(=O)(=O)C1CC1. The summed E-state index contributed by atoms with van der Waals surface area (Å²) >= 11 is 7.85. The standard InChI is InChI=1S/C42H49ClN6O8S2/c1-8-24-20-42(24,39(52)48-59(53,54)28-15-16-28)47-36(50)31-19-27(57-37-30-18-25(43)12-17-29(30)32(56-7)21-44-37)22-49(31)38(51)35(41(3,4)5)46-40-45-34(33(9-2)58-40)23-10-13-26(55-6)14-11-23/h8,10-14,17-18,21,24,27-28,31,35H,1,9,15-16,19-20,22H2,2-7H3,(H,45,46)(H,47,50)(H,48,52)/t24-,27-,31+,35-,42-/m1/s1. The number of fused-ring (bicyclic) bond motifs is 1. The first-order valence-electron chi connectivity index (χ1n) is 19.5. The van der Waals surface area contributed by atoms with Crippen molar-refractivity contribution < 1.29 is 37.0 Å². The summed E-state index contributed by atoms with van der Waals surface area (Å²) in [7, 11) is -0.758. The number of amides is 3.